The lowest BCUT2D eigenvalue weighted by atomic mass is 9.98. The van der Waals surface area contributed by atoms with E-state index >= 15 is 0 Å². The van der Waals surface area contributed by atoms with E-state index in [1.54, 1.807) is 20.3 Å². The van der Waals surface area contributed by atoms with Gasteiger partial charge in [0.1, 0.15) is 0 Å². The number of ether oxygens (including phenoxy) is 2. The summed E-state index contributed by atoms with van der Waals surface area (Å²) in [6, 6.07) is 1.70. The SMILES string of the molecule is CCC1CCCN(c2nc(OC)cc(OC)n2)CC1. The van der Waals surface area contributed by atoms with Crippen LogP contribution in [0.3, 0.4) is 0 Å². The van der Waals surface area contributed by atoms with Crippen LogP contribution in [0.5, 0.6) is 11.8 Å². The Kier molecular flexibility index (Phi) is 4.82. The van der Waals surface area contributed by atoms with Gasteiger partial charge in [-0.05, 0) is 25.2 Å². The molecule has 1 atom stereocenters. The Bertz CT molecular complexity index is 389. The predicted octanol–water partition coefficient (Wildman–Crippen LogP) is 2.51. The zero-order chi connectivity index (χ0) is 13.7. The average Bonchev–Trinajstić information content (AvgIpc) is 2.72. The van der Waals surface area contributed by atoms with E-state index in [0.29, 0.717) is 17.7 Å². The number of aromatic nitrogens is 2. The third-order valence-electron chi connectivity index (χ3n) is 3.79. The van der Waals surface area contributed by atoms with Gasteiger partial charge in [0.2, 0.25) is 17.7 Å². The molecule has 0 saturated carbocycles. The summed E-state index contributed by atoms with van der Waals surface area (Å²) < 4.78 is 10.4. The van der Waals surface area contributed by atoms with E-state index in [9.17, 15) is 0 Å². The largest absolute Gasteiger partial charge is 0.481 e. The van der Waals surface area contributed by atoms with Gasteiger partial charge < -0.3 is 14.4 Å². The van der Waals surface area contributed by atoms with Crippen molar-refractivity contribution in [3.05, 3.63) is 6.07 Å². The fourth-order valence-electron chi connectivity index (χ4n) is 2.52. The summed E-state index contributed by atoms with van der Waals surface area (Å²) in [7, 11) is 3.22. The molecule has 1 saturated heterocycles. The van der Waals surface area contributed by atoms with Gasteiger partial charge >= 0.3 is 0 Å². The number of hydrogen-bond donors (Lipinski definition) is 0. The van der Waals surface area contributed by atoms with E-state index in [1.165, 1.54) is 25.7 Å². The minimum atomic E-state index is 0.554. The van der Waals surface area contributed by atoms with Crippen molar-refractivity contribution in [2.24, 2.45) is 5.92 Å². The van der Waals surface area contributed by atoms with Crippen molar-refractivity contribution in [2.75, 3.05) is 32.2 Å². The lowest BCUT2D eigenvalue weighted by molar-refractivity contribution is 0.371. The van der Waals surface area contributed by atoms with E-state index in [-0.39, 0.29) is 0 Å². The van der Waals surface area contributed by atoms with Gasteiger partial charge in [0.05, 0.1) is 20.3 Å². The minimum absolute atomic E-state index is 0.554. The Morgan fingerprint density at radius 3 is 2.42 bits per heavy atom. The van der Waals surface area contributed by atoms with Crippen LogP contribution in [0.25, 0.3) is 0 Å². The van der Waals surface area contributed by atoms with Crippen LogP contribution >= 0.6 is 0 Å². The maximum Gasteiger partial charge on any atom is 0.231 e. The molecule has 1 aliphatic heterocycles. The van der Waals surface area contributed by atoms with Crippen molar-refractivity contribution >= 4 is 5.95 Å². The summed E-state index contributed by atoms with van der Waals surface area (Å²) in [5, 5.41) is 0. The fourth-order valence-corrected chi connectivity index (χ4v) is 2.52. The molecule has 19 heavy (non-hydrogen) atoms. The van der Waals surface area contributed by atoms with Crippen molar-refractivity contribution in [3.63, 3.8) is 0 Å². The number of rotatable bonds is 4. The Morgan fingerprint density at radius 1 is 1.16 bits per heavy atom. The lowest BCUT2D eigenvalue weighted by Gasteiger charge is -2.21. The maximum atomic E-state index is 5.20. The average molecular weight is 265 g/mol. The third-order valence-corrected chi connectivity index (χ3v) is 3.79. The highest BCUT2D eigenvalue weighted by molar-refractivity contribution is 5.36. The van der Waals surface area contributed by atoms with Crippen molar-refractivity contribution in [1.29, 1.82) is 0 Å². The first-order valence-corrected chi connectivity index (χ1v) is 6.98. The summed E-state index contributed by atoms with van der Waals surface area (Å²) >= 11 is 0. The summed E-state index contributed by atoms with van der Waals surface area (Å²) in [4.78, 5) is 11.1. The van der Waals surface area contributed by atoms with E-state index in [1.807, 2.05) is 0 Å². The second-order valence-corrected chi connectivity index (χ2v) is 4.94. The Labute approximate surface area is 115 Å². The third kappa shape index (κ3) is 3.49. The van der Waals surface area contributed by atoms with Crippen LogP contribution in [0.4, 0.5) is 5.95 Å². The fraction of sp³-hybridized carbons (Fsp3) is 0.714. The first kappa shape index (κ1) is 13.9. The van der Waals surface area contributed by atoms with Gasteiger partial charge in [-0.2, -0.15) is 9.97 Å². The molecular formula is C14H23N3O2. The first-order chi connectivity index (χ1) is 9.26. The van der Waals surface area contributed by atoms with E-state index in [2.05, 4.69) is 21.8 Å². The van der Waals surface area contributed by atoms with Gasteiger partial charge in [-0.3, -0.25) is 0 Å². The smallest absolute Gasteiger partial charge is 0.231 e. The molecule has 1 aromatic rings. The van der Waals surface area contributed by atoms with Gasteiger partial charge in [-0.25, -0.2) is 0 Å². The van der Waals surface area contributed by atoms with Crippen LogP contribution in [0.15, 0.2) is 6.07 Å². The van der Waals surface area contributed by atoms with Crippen LogP contribution in [0.1, 0.15) is 32.6 Å². The zero-order valence-corrected chi connectivity index (χ0v) is 12.1. The number of anilines is 1. The van der Waals surface area contributed by atoms with Gasteiger partial charge in [0.15, 0.2) is 0 Å². The predicted molar refractivity (Wildman–Crippen MR) is 75.0 cm³/mol. The van der Waals surface area contributed by atoms with E-state index < -0.39 is 0 Å². The van der Waals surface area contributed by atoms with Crippen molar-refractivity contribution in [3.8, 4) is 11.8 Å². The van der Waals surface area contributed by atoms with Gasteiger partial charge in [-0.15, -0.1) is 0 Å². The molecule has 0 radical (unpaired) electrons. The molecule has 2 rings (SSSR count). The number of methoxy groups -OCH3 is 2. The van der Waals surface area contributed by atoms with Crippen LogP contribution in [-0.2, 0) is 0 Å². The molecule has 1 aromatic heterocycles. The Morgan fingerprint density at radius 2 is 1.84 bits per heavy atom. The molecule has 0 N–H and O–H groups in total. The van der Waals surface area contributed by atoms with Crippen LogP contribution < -0.4 is 14.4 Å². The summed E-state index contributed by atoms with van der Waals surface area (Å²) in [6.07, 6.45) is 4.96. The topological polar surface area (TPSA) is 47.5 Å². The summed E-state index contributed by atoms with van der Waals surface area (Å²) in [6.45, 7) is 4.28. The maximum absolute atomic E-state index is 5.20. The monoisotopic (exact) mass is 265 g/mol. The highest BCUT2D eigenvalue weighted by atomic mass is 16.5. The zero-order valence-electron chi connectivity index (χ0n) is 12.1. The summed E-state index contributed by atoms with van der Waals surface area (Å²) in [5.74, 6) is 2.65. The molecule has 0 spiro atoms. The molecule has 0 bridgehead atoms. The molecule has 1 fully saturated rings. The lowest BCUT2D eigenvalue weighted by Crippen LogP contribution is -2.26. The molecule has 0 aliphatic carbocycles. The van der Waals surface area contributed by atoms with Crippen LogP contribution in [-0.4, -0.2) is 37.3 Å². The Balaban J connectivity index is 2.16. The van der Waals surface area contributed by atoms with Crippen molar-refractivity contribution in [2.45, 2.75) is 32.6 Å². The second-order valence-electron chi connectivity index (χ2n) is 4.94. The number of hydrogen-bond acceptors (Lipinski definition) is 5. The first-order valence-electron chi connectivity index (χ1n) is 6.98. The standard InChI is InChI=1S/C14H23N3O2/c1-4-11-6-5-8-17(9-7-11)14-15-12(18-2)10-13(16-14)19-3/h10-11H,4-9H2,1-3H3. The Hall–Kier alpha value is -1.52. The summed E-state index contributed by atoms with van der Waals surface area (Å²) in [5.41, 5.74) is 0. The molecule has 2 heterocycles. The molecule has 1 unspecified atom stereocenters. The molecule has 0 amide bonds. The van der Waals surface area contributed by atoms with Gasteiger partial charge in [0, 0.05) is 13.1 Å². The molecule has 5 heteroatoms. The van der Waals surface area contributed by atoms with Gasteiger partial charge in [0.25, 0.3) is 0 Å². The highest BCUT2D eigenvalue weighted by Gasteiger charge is 2.19. The quantitative estimate of drug-likeness (QED) is 0.837. The van der Waals surface area contributed by atoms with Crippen LogP contribution in [0, 0.1) is 5.92 Å². The molecule has 0 aromatic carbocycles. The minimum Gasteiger partial charge on any atom is -0.481 e. The van der Waals surface area contributed by atoms with Crippen LogP contribution in [0.2, 0.25) is 0 Å². The molecule has 5 nitrogen and oxygen atoms in total. The van der Waals surface area contributed by atoms with E-state index in [0.717, 1.165) is 19.0 Å². The van der Waals surface area contributed by atoms with Gasteiger partial charge in [-0.1, -0.05) is 13.3 Å². The normalized spacial score (nSPS) is 19.9. The molecular weight excluding hydrogens is 242 g/mol. The molecule has 106 valence electrons. The van der Waals surface area contributed by atoms with Crippen molar-refractivity contribution < 1.29 is 9.47 Å². The second kappa shape index (κ2) is 6.59. The number of nitrogens with zero attached hydrogens (tertiary/aromatic N) is 3. The molecule has 1 aliphatic rings. The van der Waals surface area contributed by atoms with E-state index in [4.69, 9.17) is 9.47 Å². The van der Waals surface area contributed by atoms with Crippen molar-refractivity contribution in [1.82, 2.24) is 9.97 Å². The highest BCUT2D eigenvalue weighted by Crippen LogP contribution is 2.25.